The number of unbranched alkanes of at least 4 members (excludes halogenated alkanes) is 2. The van der Waals surface area contributed by atoms with E-state index < -0.39 is 5.97 Å². The second kappa shape index (κ2) is 8.45. The van der Waals surface area contributed by atoms with Crippen molar-refractivity contribution < 1.29 is 14.7 Å². The first-order chi connectivity index (χ1) is 7.02. The van der Waals surface area contributed by atoms with Gasteiger partial charge in [-0.05, 0) is 25.2 Å². The Morgan fingerprint density at radius 1 is 1.00 bits per heavy atom. The van der Waals surface area contributed by atoms with Gasteiger partial charge in [-0.1, -0.05) is 20.3 Å². The second-order valence-electron chi connectivity index (χ2n) is 4.43. The maximum atomic E-state index is 11.3. The zero-order chi connectivity index (χ0) is 11.7. The number of Topliss-reactive ketones (excluding diaryl/α,β-unsaturated/α-hetero) is 1. The molecule has 0 amide bonds. The quantitative estimate of drug-likeness (QED) is 0.600. The van der Waals surface area contributed by atoms with Crippen LogP contribution < -0.4 is 0 Å². The molecule has 88 valence electrons. The van der Waals surface area contributed by atoms with Crippen LogP contribution in [0.4, 0.5) is 0 Å². The lowest BCUT2D eigenvalue weighted by Crippen LogP contribution is -2.00. The molecule has 0 spiro atoms. The fraction of sp³-hybridized carbons (Fsp3) is 0.833. The number of hydrogen-bond donors (Lipinski definition) is 1. The molecule has 0 unspecified atom stereocenters. The fourth-order valence-corrected chi connectivity index (χ4v) is 1.35. The summed E-state index contributed by atoms with van der Waals surface area (Å²) in [6.07, 6.45) is 4.85. The molecular weight excluding hydrogens is 192 g/mol. The van der Waals surface area contributed by atoms with Gasteiger partial charge < -0.3 is 5.11 Å². The lowest BCUT2D eigenvalue weighted by molar-refractivity contribution is -0.137. The van der Waals surface area contributed by atoms with Crippen LogP contribution in [-0.2, 0) is 9.59 Å². The van der Waals surface area contributed by atoms with E-state index >= 15 is 0 Å². The lowest BCUT2D eigenvalue weighted by Gasteiger charge is -2.03. The number of carboxylic acid groups (broad SMARTS) is 1. The molecule has 0 fully saturated rings. The molecule has 0 saturated heterocycles. The Labute approximate surface area is 91.9 Å². The van der Waals surface area contributed by atoms with Crippen LogP contribution in [0.1, 0.15) is 58.8 Å². The highest BCUT2D eigenvalue weighted by atomic mass is 16.4. The van der Waals surface area contributed by atoms with Crippen LogP contribution in [-0.4, -0.2) is 16.9 Å². The summed E-state index contributed by atoms with van der Waals surface area (Å²) in [6, 6.07) is 0. The van der Waals surface area contributed by atoms with Crippen molar-refractivity contribution in [3.63, 3.8) is 0 Å². The van der Waals surface area contributed by atoms with E-state index in [4.69, 9.17) is 5.11 Å². The topological polar surface area (TPSA) is 54.4 Å². The van der Waals surface area contributed by atoms with E-state index in [0.717, 1.165) is 19.3 Å². The molecule has 0 aliphatic heterocycles. The van der Waals surface area contributed by atoms with Crippen molar-refractivity contribution in [1.29, 1.82) is 0 Å². The first kappa shape index (κ1) is 14.1. The maximum absolute atomic E-state index is 11.3. The highest BCUT2D eigenvalue weighted by Crippen LogP contribution is 2.09. The van der Waals surface area contributed by atoms with Crippen LogP contribution in [0.2, 0.25) is 0 Å². The zero-order valence-electron chi connectivity index (χ0n) is 9.79. The van der Waals surface area contributed by atoms with Gasteiger partial charge in [0.1, 0.15) is 5.78 Å². The SMILES string of the molecule is CC(C)CCC(=O)CCCCCC(=O)O. The van der Waals surface area contributed by atoms with Crippen molar-refractivity contribution in [3.05, 3.63) is 0 Å². The Hall–Kier alpha value is -0.860. The third-order valence-electron chi connectivity index (χ3n) is 2.35. The lowest BCUT2D eigenvalue weighted by atomic mass is 10.0. The van der Waals surface area contributed by atoms with E-state index in [1.54, 1.807) is 0 Å². The summed E-state index contributed by atoms with van der Waals surface area (Å²) >= 11 is 0. The molecule has 1 N–H and O–H groups in total. The summed E-state index contributed by atoms with van der Waals surface area (Å²) in [6.45, 7) is 4.22. The fourth-order valence-electron chi connectivity index (χ4n) is 1.35. The van der Waals surface area contributed by atoms with E-state index in [1.807, 2.05) is 0 Å². The predicted molar refractivity (Wildman–Crippen MR) is 59.8 cm³/mol. The number of rotatable bonds is 9. The maximum Gasteiger partial charge on any atom is 0.303 e. The van der Waals surface area contributed by atoms with Crippen LogP contribution in [0.3, 0.4) is 0 Å². The summed E-state index contributed by atoms with van der Waals surface area (Å²) < 4.78 is 0. The Morgan fingerprint density at radius 2 is 1.60 bits per heavy atom. The van der Waals surface area contributed by atoms with Gasteiger partial charge in [-0.15, -0.1) is 0 Å². The molecule has 0 aromatic carbocycles. The highest BCUT2D eigenvalue weighted by molar-refractivity contribution is 5.78. The average molecular weight is 214 g/mol. The van der Waals surface area contributed by atoms with Crippen LogP contribution >= 0.6 is 0 Å². The van der Waals surface area contributed by atoms with Gasteiger partial charge in [0, 0.05) is 19.3 Å². The molecule has 0 aliphatic rings. The Morgan fingerprint density at radius 3 is 2.13 bits per heavy atom. The zero-order valence-corrected chi connectivity index (χ0v) is 9.79. The third kappa shape index (κ3) is 11.1. The van der Waals surface area contributed by atoms with Crippen LogP contribution in [0.5, 0.6) is 0 Å². The van der Waals surface area contributed by atoms with Gasteiger partial charge in [-0.25, -0.2) is 0 Å². The Balaban J connectivity index is 3.28. The number of aliphatic carboxylic acids is 1. The van der Waals surface area contributed by atoms with Crippen molar-refractivity contribution in [3.8, 4) is 0 Å². The van der Waals surface area contributed by atoms with Crippen molar-refractivity contribution in [2.75, 3.05) is 0 Å². The molecule has 0 bridgehead atoms. The monoisotopic (exact) mass is 214 g/mol. The van der Waals surface area contributed by atoms with E-state index in [1.165, 1.54) is 0 Å². The Kier molecular flexibility index (Phi) is 7.96. The van der Waals surface area contributed by atoms with E-state index in [2.05, 4.69) is 13.8 Å². The van der Waals surface area contributed by atoms with Crippen molar-refractivity contribution in [2.24, 2.45) is 5.92 Å². The van der Waals surface area contributed by atoms with Crippen molar-refractivity contribution in [2.45, 2.75) is 58.8 Å². The molecule has 0 aromatic heterocycles. The van der Waals surface area contributed by atoms with Gasteiger partial charge in [0.15, 0.2) is 0 Å². The minimum atomic E-state index is -0.749. The second-order valence-corrected chi connectivity index (χ2v) is 4.43. The Bertz CT molecular complexity index is 197. The molecule has 0 atom stereocenters. The summed E-state index contributed by atoms with van der Waals surface area (Å²) in [5, 5.41) is 8.40. The average Bonchev–Trinajstić information content (AvgIpc) is 2.13. The largest absolute Gasteiger partial charge is 0.481 e. The van der Waals surface area contributed by atoms with Crippen molar-refractivity contribution >= 4 is 11.8 Å². The first-order valence-corrected chi connectivity index (χ1v) is 5.76. The van der Waals surface area contributed by atoms with Gasteiger partial charge >= 0.3 is 5.97 Å². The standard InChI is InChI=1S/C12H22O3/c1-10(2)8-9-11(13)6-4-3-5-7-12(14)15/h10H,3-9H2,1-2H3,(H,14,15). The van der Waals surface area contributed by atoms with Gasteiger partial charge in [0.25, 0.3) is 0 Å². The van der Waals surface area contributed by atoms with Crippen LogP contribution in [0.15, 0.2) is 0 Å². The normalized spacial score (nSPS) is 10.6. The molecule has 3 heteroatoms. The molecule has 15 heavy (non-hydrogen) atoms. The molecule has 0 heterocycles. The van der Waals surface area contributed by atoms with E-state index in [9.17, 15) is 9.59 Å². The predicted octanol–water partition coefficient (Wildman–Crippen LogP) is 3.03. The molecule has 0 rings (SSSR count). The van der Waals surface area contributed by atoms with Gasteiger partial charge in [-0.2, -0.15) is 0 Å². The highest BCUT2D eigenvalue weighted by Gasteiger charge is 2.04. The minimum Gasteiger partial charge on any atom is -0.481 e. The number of hydrogen-bond acceptors (Lipinski definition) is 2. The van der Waals surface area contributed by atoms with Crippen molar-refractivity contribution in [1.82, 2.24) is 0 Å². The van der Waals surface area contributed by atoms with Crippen LogP contribution in [0.25, 0.3) is 0 Å². The van der Waals surface area contributed by atoms with E-state index in [-0.39, 0.29) is 6.42 Å². The minimum absolute atomic E-state index is 0.222. The molecule has 0 aromatic rings. The number of ketones is 1. The molecular formula is C12H22O3. The van der Waals surface area contributed by atoms with Gasteiger partial charge in [0.05, 0.1) is 0 Å². The molecule has 3 nitrogen and oxygen atoms in total. The van der Waals surface area contributed by atoms with Gasteiger partial charge in [0.2, 0.25) is 0 Å². The number of carbonyl (C=O) groups is 2. The number of carbonyl (C=O) groups excluding carboxylic acids is 1. The summed E-state index contributed by atoms with van der Waals surface area (Å²) in [4.78, 5) is 21.5. The number of carboxylic acids is 1. The molecule has 0 radical (unpaired) electrons. The van der Waals surface area contributed by atoms with E-state index in [0.29, 0.717) is 31.0 Å². The first-order valence-electron chi connectivity index (χ1n) is 5.76. The smallest absolute Gasteiger partial charge is 0.303 e. The van der Waals surface area contributed by atoms with Gasteiger partial charge in [-0.3, -0.25) is 9.59 Å². The molecule has 0 aliphatic carbocycles. The summed E-state index contributed by atoms with van der Waals surface area (Å²) in [5.41, 5.74) is 0. The summed E-state index contributed by atoms with van der Waals surface area (Å²) in [5.74, 6) is 0.154. The van der Waals surface area contributed by atoms with Crippen LogP contribution in [0, 0.1) is 5.92 Å². The third-order valence-corrected chi connectivity index (χ3v) is 2.35. The summed E-state index contributed by atoms with van der Waals surface area (Å²) in [7, 11) is 0. The molecule has 0 saturated carbocycles.